The molecule has 0 radical (unpaired) electrons. The first-order valence-corrected chi connectivity index (χ1v) is 10.5. The molecule has 0 aliphatic carbocycles. The second kappa shape index (κ2) is 9.08. The molecule has 8 nitrogen and oxygen atoms in total. The summed E-state index contributed by atoms with van der Waals surface area (Å²) in [4.78, 5) is 16.3. The third-order valence-electron chi connectivity index (χ3n) is 5.84. The largest absolute Gasteiger partial charge is 0.365 e. The SMILES string of the molecule is Cc1nc(N2CCC(OCC#CCN3CCN(C)CC3)CC2)c2cnn(C)c2n1. The van der Waals surface area contributed by atoms with Crippen molar-refractivity contribution in [3.05, 3.63) is 12.0 Å². The zero-order valence-corrected chi connectivity index (χ0v) is 17.8. The minimum atomic E-state index is 0.275. The van der Waals surface area contributed by atoms with Gasteiger partial charge in [-0.05, 0) is 26.8 Å². The molecule has 2 aliphatic rings. The van der Waals surface area contributed by atoms with Crippen molar-refractivity contribution in [3.8, 4) is 11.8 Å². The average molecular weight is 398 g/mol. The van der Waals surface area contributed by atoms with E-state index in [0.717, 1.165) is 81.3 Å². The molecule has 0 spiro atoms. The van der Waals surface area contributed by atoms with Crippen molar-refractivity contribution in [1.29, 1.82) is 0 Å². The minimum absolute atomic E-state index is 0.275. The van der Waals surface area contributed by atoms with Crippen LogP contribution in [0.5, 0.6) is 0 Å². The Kier molecular flexibility index (Phi) is 6.28. The van der Waals surface area contributed by atoms with Crippen molar-refractivity contribution >= 4 is 16.9 Å². The number of piperidine rings is 1. The molecule has 8 heteroatoms. The Morgan fingerprint density at radius 2 is 1.79 bits per heavy atom. The summed E-state index contributed by atoms with van der Waals surface area (Å²) in [6, 6.07) is 0. The number of hydrogen-bond acceptors (Lipinski definition) is 7. The van der Waals surface area contributed by atoms with E-state index in [1.165, 1.54) is 0 Å². The van der Waals surface area contributed by atoms with Gasteiger partial charge in [-0.15, -0.1) is 0 Å². The maximum Gasteiger partial charge on any atom is 0.163 e. The molecule has 2 fully saturated rings. The molecule has 0 saturated carbocycles. The standard InChI is InChI=1S/C21H31N7O/c1-17-23-20-19(16-22-26(20)3)21(24-17)28-9-6-18(7-10-28)29-15-5-4-8-27-13-11-25(2)12-14-27/h16,18H,6-15H2,1-3H3. The summed E-state index contributed by atoms with van der Waals surface area (Å²) < 4.78 is 7.82. The van der Waals surface area contributed by atoms with Gasteiger partial charge in [0.15, 0.2) is 5.65 Å². The van der Waals surface area contributed by atoms with Crippen molar-refractivity contribution in [2.75, 3.05) is 64.4 Å². The quantitative estimate of drug-likeness (QED) is 0.711. The van der Waals surface area contributed by atoms with Crippen LogP contribution >= 0.6 is 0 Å². The van der Waals surface area contributed by atoms with Crippen molar-refractivity contribution < 1.29 is 4.74 Å². The van der Waals surface area contributed by atoms with Gasteiger partial charge < -0.3 is 14.5 Å². The highest BCUT2D eigenvalue weighted by Gasteiger charge is 2.23. The lowest BCUT2D eigenvalue weighted by atomic mass is 10.1. The number of piperazine rings is 1. The van der Waals surface area contributed by atoms with Gasteiger partial charge in [0.2, 0.25) is 0 Å². The molecule has 0 atom stereocenters. The summed E-state index contributed by atoms with van der Waals surface area (Å²) in [5.74, 6) is 8.24. The minimum Gasteiger partial charge on any atom is -0.365 e. The Bertz CT molecular complexity index is 884. The zero-order valence-electron chi connectivity index (χ0n) is 17.8. The Balaban J connectivity index is 1.24. The summed E-state index contributed by atoms with van der Waals surface area (Å²) in [7, 11) is 4.09. The van der Waals surface area contributed by atoms with Crippen LogP contribution in [-0.4, -0.2) is 95.1 Å². The fourth-order valence-corrected chi connectivity index (χ4v) is 3.97. The lowest BCUT2D eigenvalue weighted by molar-refractivity contribution is 0.0593. The van der Waals surface area contributed by atoms with Crippen LogP contribution in [0.3, 0.4) is 0 Å². The van der Waals surface area contributed by atoms with Crippen LogP contribution in [0.25, 0.3) is 11.0 Å². The van der Waals surface area contributed by atoms with E-state index in [1.807, 2.05) is 24.9 Å². The van der Waals surface area contributed by atoms with Crippen molar-refractivity contribution in [1.82, 2.24) is 29.5 Å². The predicted octanol–water partition coefficient (Wildman–Crippen LogP) is 0.908. The van der Waals surface area contributed by atoms with Gasteiger partial charge in [0.1, 0.15) is 18.2 Å². The fraction of sp³-hybridized carbons (Fsp3) is 0.667. The van der Waals surface area contributed by atoms with Gasteiger partial charge in [-0.2, -0.15) is 5.10 Å². The number of ether oxygens (including phenoxy) is 1. The van der Waals surface area contributed by atoms with E-state index < -0.39 is 0 Å². The molecule has 156 valence electrons. The van der Waals surface area contributed by atoms with E-state index in [-0.39, 0.29) is 6.10 Å². The van der Waals surface area contributed by atoms with Gasteiger partial charge in [-0.25, -0.2) is 9.97 Å². The van der Waals surface area contributed by atoms with Gasteiger partial charge in [-0.1, -0.05) is 11.8 Å². The smallest absolute Gasteiger partial charge is 0.163 e. The second-order valence-electron chi connectivity index (χ2n) is 8.03. The molecule has 2 aromatic heterocycles. The molecule has 0 aromatic carbocycles. The molecule has 0 unspecified atom stereocenters. The first-order valence-electron chi connectivity index (χ1n) is 10.5. The molecular weight excluding hydrogens is 366 g/mol. The Labute approximate surface area is 172 Å². The number of aryl methyl sites for hydroxylation is 2. The Morgan fingerprint density at radius 3 is 2.55 bits per heavy atom. The summed E-state index contributed by atoms with van der Waals surface area (Å²) >= 11 is 0. The van der Waals surface area contributed by atoms with E-state index in [9.17, 15) is 0 Å². The van der Waals surface area contributed by atoms with Crippen molar-refractivity contribution in [3.63, 3.8) is 0 Å². The number of fused-ring (bicyclic) bond motifs is 1. The van der Waals surface area contributed by atoms with Crippen LogP contribution < -0.4 is 4.90 Å². The molecule has 0 bridgehead atoms. The van der Waals surface area contributed by atoms with E-state index in [0.29, 0.717) is 6.61 Å². The first-order chi connectivity index (χ1) is 14.1. The lowest BCUT2D eigenvalue weighted by Gasteiger charge is -2.32. The Hall–Kier alpha value is -2.21. The van der Waals surface area contributed by atoms with Gasteiger partial charge in [0, 0.05) is 46.3 Å². The Morgan fingerprint density at radius 1 is 1.03 bits per heavy atom. The molecule has 2 aromatic rings. The average Bonchev–Trinajstić information content (AvgIpc) is 3.10. The monoisotopic (exact) mass is 397 g/mol. The predicted molar refractivity (Wildman–Crippen MR) is 114 cm³/mol. The van der Waals surface area contributed by atoms with Gasteiger partial charge in [0.05, 0.1) is 24.2 Å². The second-order valence-corrected chi connectivity index (χ2v) is 8.03. The molecule has 0 N–H and O–H groups in total. The lowest BCUT2D eigenvalue weighted by Crippen LogP contribution is -2.44. The molecule has 0 amide bonds. The highest BCUT2D eigenvalue weighted by molar-refractivity contribution is 5.87. The molecule has 4 rings (SSSR count). The maximum absolute atomic E-state index is 6.01. The van der Waals surface area contributed by atoms with Gasteiger partial charge in [0.25, 0.3) is 0 Å². The van der Waals surface area contributed by atoms with Gasteiger partial charge >= 0.3 is 0 Å². The molecule has 29 heavy (non-hydrogen) atoms. The van der Waals surface area contributed by atoms with Gasteiger partial charge in [-0.3, -0.25) is 9.58 Å². The van der Waals surface area contributed by atoms with Crippen LogP contribution in [0.2, 0.25) is 0 Å². The summed E-state index contributed by atoms with van der Waals surface area (Å²) in [6.45, 7) is 9.66. The maximum atomic E-state index is 6.01. The molecular formula is C21H31N7O. The number of rotatable bonds is 4. The third-order valence-corrected chi connectivity index (χ3v) is 5.84. The summed E-state index contributed by atoms with van der Waals surface area (Å²) in [6.07, 6.45) is 4.12. The highest BCUT2D eigenvalue weighted by atomic mass is 16.5. The normalized spacial score (nSPS) is 19.5. The van der Waals surface area contributed by atoms with E-state index >= 15 is 0 Å². The number of likely N-dealkylation sites (N-methyl/N-ethyl adjacent to an activating group) is 1. The summed E-state index contributed by atoms with van der Waals surface area (Å²) in [5.41, 5.74) is 0.890. The van der Waals surface area contributed by atoms with Crippen molar-refractivity contribution in [2.45, 2.75) is 25.9 Å². The molecule has 2 aliphatic heterocycles. The van der Waals surface area contributed by atoms with Crippen LogP contribution in [0.1, 0.15) is 18.7 Å². The molecule has 2 saturated heterocycles. The first kappa shape index (κ1) is 20.1. The van der Waals surface area contributed by atoms with Crippen LogP contribution in [0, 0.1) is 18.8 Å². The number of anilines is 1. The third kappa shape index (κ3) is 4.86. The van der Waals surface area contributed by atoms with E-state index in [2.05, 4.69) is 48.7 Å². The highest BCUT2D eigenvalue weighted by Crippen LogP contribution is 2.26. The number of nitrogens with zero attached hydrogens (tertiary/aromatic N) is 7. The van der Waals surface area contributed by atoms with Crippen LogP contribution in [-0.2, 0) is 11.8 Å². The van der Waals surface area contributed by atoms with Crippen LogP contribution in [0.15, 0.2) is 6.20 Å². The van der Waals surface area contributed by atoms with E-state index in [1.54, 1.807) is 0 Å². The zero-order chi connectivity index (χ0) is 20.2. The van der Waals surface area contributed by atoms with Crippen LogP contribution in [0.4, 0.5) is 5.82 Å². The van der Waals surface area contributed by atoms with Crippen molar-refractivity contribution in [2.24, 2.45) is 7.05 Å². The fourth-order valence-electron chi connectivity index (χ4n) is 3.97. The number of aromatic nitrogens is 4. The molecule has 4 heterocycles. The number of hydrogen-bond donors (Lipinski definition) is 0. The summed E-state index contributed by atoms with van der Waals surface area (Å²) in [5, 5.41) is 5.37. The topological polar surface area (TPSA) is 62.6 Å². The van der Waals surface area contributed by atoms with E-state index in [4.69, 9.17) is 4.74 Å².